The van der Waals surface area contributed by atoms with E-state index in [1.807, 2.05) is 30.3 Å². The zero-order valence-electron chi connectivity index (χ0n) is 12.3. The lowest BCUT2D eigenvalue weighted by atomic mass is 10.0. The maximum atomic E-state index is 12.0. The van der Waals surface area contributed by atoms with Crippen LogP contribution in [0.4, 0.5) is 0 Å². The molecule has 2 rings (SSSR count). The van der Waals surface area contributed by atoms with Crippen molar-refractivity contribution >= 4 is 11.8 Å². The van der Waals surface area contributed by atoms with Gasteiger partial charge in [0.2, 0.25) is 11.8 Å². The molecule has 0 aromatic heterocycles. The van der Waals surface area contributed by atoms with Crippen LogP contribution >= 0.6 is 0 Å². The molecule has 5 nitrogen and oxygen atoms in total. The van der Waals surface area contributed by atoms with Gasteiger partial charge in [0.25, 0.3) is 0 Å². The SMILES string of the molecule is CC(=O)N[C@@H](CC(=O)NC[C@@H]1CCCO1)c1ccccc1. The normalized spacial score (nSPS) is 19.0. The van der Waals surface area contributed by atoms with E-state index in [0.29, 0.717) is 6.54 Å². The van der Waals surface area contributed by atoms with Crippen molar-refractivity contribution in [2.75, 3.05) is 13.2 Å². The van der Waals surface area contributed by atoms with Gasteiger partial charge in [-0.25, -0.2) is 0 Å². The molecular weight excluding hydrogens is 268 g/mol. The van der Waals surface area contributed by atoms with Crippen LogP contribution in [0.3, 0.4) is 0 Å². The number of benzene rings is 1. The quantitative estimate of drug-likeness (QED) is 0.835. The lowest BCUT2D eigenvalue weighted by Gasteiger charge is -2.18. The van der Waals surface area contributed by atoms with Crippen LogP contribution in [0.2, 0.25) is 0 Å². The summed E-state index contributed by atoms with van der Waals surface area (Å²) in [6.45, 7) is 2.78. The second kappa shape index (κ2) is 7.78. The van der Waals surface area contributed by atoms with Gasteiger partial charge >= 0.3 is 0 Å². The molecule has 0 spiro atoms. The maximum absolute atomic E-state index is 12.0. The largest absolute Gasteiger partial charge is 0.376 e. The molecule has 0 aliphatic carbocycles. The molecule has 2 atom stereocenters. The predicted octanol–water partition coefficient (Wildman–Crippen LogP) is 1.55. The summed E-state index contributed by atoms with van der Waals surface area (Å²) in [4.78, 5) is 23.4. The smallest absolute Gasteiger partial charge is 0.222 e. The van der Waals surface area contributed by atoms with Crippen LogP contribution < -0.4 is 10.6 Å². The minimum Gasteiger partial charge on any atom is -0.376 e. The van der Waals surface area contributed by atoms with Gasteiger partial charge in [-0.05, 0) is 18.4 Å². The van der Waals surface area contributed by atoms with Gasteiger partial charge in [-0.15, -0.1) is 0 Å². The molecule has 0 bridgehead atoms. The van der Waals surface area contributed by atoms with Crippen LogP contribution in [-0.2, 0) is 14.3 Å². The highest BCUT2D eigenvalue weighted by Crippen LogP contribution is 2.16. The highest BCUT2D eigenvalue weighted by atomic mass is 16.5. The summed E-state index contributed by atoms with van der Waals surface area (Å²) in [5, 5.41) is 5.71. The Hall–Kier alpha value is -1.88. The number of hydrogen-bond donors (Lipinski definition) is 2. The molecule has 1 fully saturated rings. The molecule has 5 heteroatoms. The monoisotopic (exact) mass is 290 g/mol. The van der Waals surface area contributed by atoms with Crippen LogP contribution in [0.15, 0.2) is 30.3 Å². The molecule has 0 radical (unpaired) electrons. The predicted molar refractivity (Wildman–Crippen MR) is 79.6 cm³/mol. The second-order valence-electron chi connectivity index (χ2n) is 5.31. The van der Waals surface area contributed by atoms with E-state index >= 15 is 0 Å². The average Bonchev–Trinajstić information content (AvgIpc) is 2.98. The third kappa shape index (κ3) is 5.19. The van der Waals surface area contributed by atoms with Crippen LogP contribution in [-0.4, -0.2) is 31.1 Å². The van der Waals surface area contributed by atoms with Crippen LogP contribution in [0.1, 0.15) is 37.8 Å². The lowest BCUT2D eigenvalue weighted by Crippen LogP contribution is -2.36. The minimum absolute atomic E-state index is 0.0758. The fourth-order valence-corrected chi connectivity index (χ4v) is 2.47. The molecule has 1 aliphatic rings. The molecule has 0 saturated carbocycles. The van der Waals surface area contributed by atoms with Gasteiger partial charge in [0, 0.05) is 20.1 Å². The summed E-state index contributed by atoms with van der Waals surface area (Å²) in [7, 11) is 0. The topological polar surface area (TPSA) is 67.4 Å². The lowest BCUT2D eigenvalue weighted by molar-refractivity contribution is -0.123. The minimum atomic E-state index is -0.298. The summed E-state index contributed by atoms with van der Waals surface area (Å²) in [6, 6.07) is 9.23. The molecule has 0 unspecified atom stereocenters. The Morgan fingerprint density at radius 2 is 2.10 bits per heavy atom. The van der Waals surface area contributed by atoms with Gasteiger partial charge in [0.1, 0.15) is 0 Å². The number of nitrogens with one attached hydrogen (secondary N) is 2. The van der Waals surface area contributed by atoms with E-state index in [-0.39, 0.29) is 30.4 Å². The Bertz CT molecular complexity index is 470. The van der Waals surface area contributed by atoms with Gasteiger partial charge in [0.15, 0.2) is 0 Å². The Kier molecular flexibility index (Phi) is 5.75. The van der Waals surface area contributed by atoms with Crippen molar-refractivity contribution in [1.29, 1.82) is 0 Å². The Morgan fingerprint density at radius 1 is 1.33 bits per heavy atom. The standard InChI is InChI=1S/C16H22N2O3/c1-12(19)18-15(13-6-3-2-4-7-13)10-16(20)17-11-14-8-5-9-21-14/h2-4,6-7,14-15H,5,8-11H2,1H3,(H,17,20)(H,18,19)/t14-,15-/m0/s1. The van der Waals surface area contributed by atoms with Crippen LogP contribution in [0, 0.1) is 0 Å². The van der Waals surface area contributed by atoms with Gasteiger partial charge in [-0.3, -0.25) is 9.59 Å². The molecule has 114 valence electrons. The molecule has 2 N–H and O–H groups in total. The first kappa shape index (κ1) is 15.5. The zero-order chi connectivity index (χ0) is 15.1. The third-order valence-corrected chi connectivity index (χ3v) is 3.52. The van der Waals surface area contributed by atoms with Crippen molar-refractivity contribution in [3.05, 3.63) is 35.9 Å². The van der Waals surface area contributed by atoms with E-state index in [4.69, 9.17) is 4.74 Å². The van der Waals surface area contributed by atoms with E-state index < -0.39 is 0 Å². The number of ether oxygens (including phenoxy) is 1. The molecule has 1 aliphatic heterocycles. The summed E-state index contributed by atoms with van der Waals surface area (Å²) < 4.78 is 5.47. The molecule has 2 amide bonds. The van der Waals surface area contributed by atoms with Crippen molar-refractivity contribution in [2.24, 2.45) is 0 Å². The van der Waals surface area contributed by atoms with Gasteiger partial charge in [0.05, 0.1) is 18.6 Å². The maximum Gasteiger partial charge on any atom is 0.222 e. The molecule has 1 heterocycles. The second-order valence-corrected chi connectivity index (χ2v) is 5.31. The Morgan fingerprint density at radius 3 is 2.71 bits per heavy atom. The summed E-state index contributed by atoms with van der Waals surface area (Å²) in [6.07, 6.45) is 2.41. The molecule has 21 heavy (non-hydrogen) atoms. The van der Waals surface area contributed by atoms with Crippen molar-refractivity contribution in [1.82, 2.24) is 10.6 Å². The van der Waals surface area contributed by atoms with E-state index in [1.54, 1.807) is 0 Å². The first-order valence-corrected chi connectivity index (χ1v) is 7.35. The van der Waals surface area contributed by atoms with Crippen molar-refractivity contribution < 1.29 is 14.3 Å². The zero-order valence-corrected chi connectivity index (χ0v) is 12.3. The Balaban J connectivity index is 1.88. The van der Waals surface area contributed by atoms with E-state index in [0.717, 1.165) is 25.0 Å². The Labute approximate surface area is 125 Å². The highest BCUT2D eigenvalue weighted by Gasteiger charge is 2.19. The van der Waals surface area contributed by atoms with Gasteiger partial charge in [-0.1, -0.05) is 30.3 Å². The average molecular weight is 290 g/mol. The number of rotatable bonds is 6. The number of amides is 2. The molecule has 1 aromatic carbocycles. The summed E-state index contributed by atoms with van der Waals surface area (Å²) in [5.74, 6) is -0.219. The first-order chi connectivity index (χ1) is 10.1. The van der Waals surface area contributed by atoms with E-state index in [1.165, 1.54) is 6.92 Å². The molecule has 1 aromatic rings. The summed E-state index contributed by atoms with van der Waals surface area (Å²) in [5.41, 5.74) is 0.931. The number of carbonyl (C=O) groups is 2. The van der Waals surface area contributed by atoms with Crippen molar-refractivity contribution in [3.8, 4) is 0 Å². The van der Waals surface area contributed by atoms with E-state index in [2.05, 4.69) is 10.6 Å². The summed E-state index contributed by atoms with van der Waals surface area (Å²) >= 11 is 0. The van der Waals surface area contributed by atoms with Crippen LogP contribution in [0.5, 0.6) is 0 Å². The highest BCUT2D eigenvalue weighted by molar-refractivity contribution is 5.79. The number of carbonyl (C=O) groups excluding carboxylic acids is 2. The first-order valence-electron chi connectivity index (χ1n) is 7.35. The van der Waals surface area contributed by atoms with E-state index in [9.17, 15) is 9.59 Å². The van der Waals surface area contributed by atoms with Gasteiger partial charge in [-0.2, -0.15) is 0 Å². The fraction of sp³-hybridized carbons (Fsp3) is 0.500. The molecular formula is C16H22N2O3. The van der Waals surface area contributed by atoms with Crippen LogP contribution in [0.25, 0.3) is 0 Å². The van der Waals surface area contributed by atoms with Crippen molar-refractivity contribution in [2.45, 2.75) is 38.3 Å². The van der Waals surface area contributed by atoms with Crippen molar-refractivity contribution in [3.63, 3.8) is 0 Å². The fourth-order valence-electron chi connectivity index (χ4n) is 2.47. The number of hydrogen-bond acceptors (Lipinski definition) is 3. The third-order valence-electron chi connectivity index (χ3n) is 3.52. The molecule has 1 saturated heterocycles. The van der Waals surface area contributed by atoms with Gasteiger partial charge < -0.3 is 15.4 Å².